The molecule has 2 atom stereocenters. The maximum absolute atomic E-state index is 12.3. The third-order valence-electron chi connectivity index (χ3n) is 3.61. The topological polar surface area (TPSA) is 75.6 Å². The van der Waals surface area contributed by atoms with E-state index in [-0.39, 0.29) is 0 Å². The van der Waals surface area contributed by atoms with Crippen molar-refractivity contribution in [1.29, 1.82) is 0 Å². The molecule has 1 amide bonds. The number of ether oxygens (including phenoxy) is 1. The van der Waals surface area contributed by atoms with E-state index >= 15 is 0 Å². The van der Waals surface area contributed by atoms with Gasteiger partial charge in [-0.05, 0) is 37.1 Å². The van der Waals surface area contributed by atoms with Crippen molar-refractivity contribution in [3.05, 3.63) is 28.8 Å². The Balaban J connectivity index is 2.07. The van der Waals surface area contributed by atoms with Gasteiger partial charge in [0, 0.05) is 11.4 Å². The van der Waals surface area contributed by atoms with Gasteiger partial charge in [-0.2, -0.15) is 0 Å². The fourth-order valence-corrected chi connectivity index (χ4v) is 2.63. The van der Waals surface area contributed by atoms with Crippen molar-refractivity contribution in [3.8, 4) is 5.75 Å². The third-order valence-corrected chi connectivity index (χ3v) is 3.85. The average Bonchev–Trinajstić information content (AvgIpc) is 2.81. The Bertz CT molecular complexity index is 575. The van der Waals surface area contributed by atoms with Crippen LogP contribution in [0.15, 0.2) is 18.2 Å². The van der Waals surface area contributed by atoms with E-state index in [9.17, 15) is 14.7 Å². The Morgan fingerprint density at radius 3 is 2.86 bits per heavy atom. The van der Waals surface area contributed by atoms with Gasteiger partial charge in [0.25, 0.3) is 5.91 Å². The number of amides is 1. The van der Waals surface area contributed by atoms with Crippen LogP contribution < -0.4 is 10.1 Å². The van der Waals surface area contributed by atoms with Gasteiger partial charge in [0.05, 0.1) is 0 Å². The second kappa shape index (κ2) is 5.93. The van der Waals surface area contributed by atoms with E-state index in [1.807, 2.05) is 6.92 Å². The summed E-state index contributed by atoms with van der Waals surface area (Å²) in [5, 5.41) is 12.5. The van der Waals surface area contributed by atoms with E-state index in [1.165, 1.54) is 6.92 Å². The zero-order valence-electron chi connectivity index (χ0n) is 12.0. The summed E-state index contributed by atoms with van der Waals surface area (Å²) in [5.74, 6) is -0.844. The number of carbonyl (C=O) groups excluding carboxylic acids is 1. The highest BCUT2D eigenvalue weighted by Crippen LogP contribution is 2.31. The molecule has 5 nitrogen and oxygen atoms in total. The molecule has 0 saturated carbocycles. The fourth-order valence-electron chi connectivity index (χ4n) is 2.44. The molecule has 1 heterocycles. The smallest absolute Gasteiger partial charge is 0.329 e. The number of nitrogens with one attached hydrogen (secondary N) is 1. The molecule has 21 heavy (non-hydrogen) atoms. The van der Waals surface area contributed by atoms with Gasteiger partial charge in [-0.15, -0.1) is 0 Å². The molecule has 1 aliphatic heterocycles. The first-order valence-corrected chi connectivity index (χ1v) is 7.24. The van der Waals surface area contributed by atoms with Crippen molar-refractivity contribution < 1.29 is 19.4 Å². The van der Waals surface area contributed by atoms with E-state index in [1.54, 1.807) is 18.2 Å². The van der Waals surface area contributed by atoms with Crippen LogP contribution in [0.5, 0.6) is 5.75 Å². The minimum absolute atomic E-state index is 0.361. The number of fused-ring (bicyclic) bond motifs is 1. The van der Waals surface area contributed by atoms with E-state index < -0.39 is 23.5 Å². The minimum atomic E-state index is -1.28. The Morgan fingerprint density at radius 2 is 2.24 bits per heavy atom. The lowest BCUT2D eigenvalue weighted by atomic mass is 9.95. The van der Waals surface area contributed by atoms with Crippen molar-refractivity contribution in [3.63, 3.8) is 0 Å². The Morgan fingerprint density at radius 1 is 1.52 bits per heavy atom. The van der Waals surface area contributed by atoms with Gasteiger partial charge in [0.15, 0.2) is 6.10 Å². The highest BCUT2D eigenvalue weighted by Gasteiger charge is 2.38. The Labute approximate surface area is 128 Å². The van der Waals surface area contributed by atoms with E-state index in [0.29, 0.717) is 30.0 Å². The van der Waals surface area contributed by atoms with Gasteiger partial charge in [0.2, 0.25) is 0 Å². The Hall–Kier alpha value is -1.75. The third kappa shape index (κ3) is 3.29. The monoisotopic (exact) mass is 311 g/mol. The molecule has 2 N–H and O–H groups in total. The number of halogens is 1. The lowest BCUT2D eigenvalue weighted by molar-refractivity contribution is -0.148. The molecular formula is C15H18ClNO4. The van der Waals surface area contributed by atoms with Gasteiger partial charge >= 0.3 is 5.97 Å². The molecule has 1 aromatic rings. The summed E-state index contributed by atoms with van der Waals surface area (Å²) in [6.45, 7) is 3.38. The number of rotatable bonds is 5. The first-order valence-electron chi connectivity index (χ1n) is 6.86. The first kappa shape index (κ1) is 15.6. The summed E-state index contributed by atoms with van der Waals surface area (Å²) in [6.07, 6.45) is 0.696. The van der Waals surface area contributed by atoms with Crippen molar-refractivity contribution in [1.82, 2.24) is 5.32 Å². The SMILES string of the molecule is CCCC(C)(NC(=O)C1Cc2cc(Cl)ccc2O1)C(=O)O. The van der Waals surface area contributed by atoms with Crippen LogP contribution in [0, 0.1) is 0 Å². The molecule has 0 saturated heterocycles. The summed E-state index contributed by atoms with van der Waals surface area (Å²) < 4.78 is 5.56. The predicted octanol–water partition coefficient (Wildman–Crippen LogP) is 2.40. The van der Waals surface area contributed by atoms with Gasteiger partial charge in [-0.25, -0.2) is 4.79 Å². The molecule has 0 aromatic heterocycles. The number of carbonyl (C=O) groups is 2. The molecular weight excluding hydrogens is 294 g/mol. The van der Waals surface area contributed by atoms with Crippen LogP contribution in [0.1, 0.15) is 32.3 Å². The highest BCUT2D eigenvalue weighted by atomic mass is 35.5. The van der Waals surface area contributed by atoms with Crippen molar-refractivity contribution in [2.24, 2.45) is 0 Å². The van der Waals surface area contributed by atoms with E-state index in [0.717, 1.165) is 5.56 Å². The molecule has 2 rings (SSSR count). The minimum Gasteiger partial charge on any atom is -0.480 e. The second-order valence-corrected chi connectivity index (χ2v) is 5.88. The van der Waals surface area contributed by atoms with Crippen LogP contribution in [0.4, 0.5) is 0 Å². The molecule has 0 aliphatic carbocycles. The molecule has 2 unspecified atom stereocenters. The molecule has 0 radical (unpaired) electrons. The second-order valence-electron chi connectivity index (χ2n) is 5.44. The first-order chi connectivity index (χ1) is 9.85. The number of benzene rings is 1. The molecule has 0 fully saturated rings. The lowest BCUT2D eigenvalue weighted by Gasteiger charge is -2.27. The lowest BCUT2D eigenvalue weighted by Crippen LogP contribution is -2.55. The number of hydrogen-bond acceptors (Lipinski definition) is 3. The quantitative estimate of drug-likeness (QED) is 0.875. The molecule has 0 bridgehead atoms. The maximum Gasteiger partial charge on any atom is 0.329 e. The Kier molecular flexibility index (Phi) is 4.42. The number of hydrogen-bond donors (Lipinski definition) is 2. The zero-order valence-corrected chi connectivity index (χ0v) is 12.7. The largest absolute Gasteiger partial charge is 0.480 e. The number of carboxylic acid groups (broad SMARTS) is 1. The molecule has 1 aliphatic rings. The van der Waals surface area contributed by atoms with Crippen LogP contribution in [-0.4, -0.2) is 28.6 Å². The van der Waals surface area contributed by atoms with Gasteiger partial charge < -0.3 is 15.2 Å². The average molecular weight is 312 g/mol. The number of carboxylic acids is 1. The fraction of sp³-hybridized carbons (Fsp3) is 0.467. The molecule has 1 aromatic carbocycles. The summed E-state index contributed by atoms with van der Waals surface area (Å²) >= 11 is 5.91. The van der Waals surface area contributed by atoms with Crippen LogP contribution in [0.2, 0.25) is 5.02 Å². The standard InChI is InChI=1S/C15H18ClNO4/c1-3-6-15(2,14(19)20)17-13(18)12-8-9-7-10(16)4-5-11(9)21-12/h4-5,7,12H,3,6,8H2,1-2H3,(H,17,18)(H,19,20). The van der Waals surface area contributed by atoms with E-state index in [4.69, 9.17) is 16.3 Å². The molecule has 114 valence electrons. The summed E-state index contributed by atoms with van der Waals surface area (Å²) in [4.78, 5) is 23.6. The van der Waals surface area contributed by atoms with E-state index in [2.05, 4.69) is 5.32 Å². The van der Waals surface area contributed by atoms with Crippen molar-refractivity contribution in [2.45, 2.75) is 44.8 Å². The van der Waals surface area contributed by atoms with Crippen LogP contribution in [-0.2, 0) is 16.0 Å². The van der Waals surface area contributed by atoms with Gasteiger partial charge in [0.1, 0.15) is 11.3 Å². The maximum atomic E-state index is 12.3. The van der Waals surface area contributed by atoms with Gasteiger partial charge in [-0.3, -0.25) is 4.79 Å². The number of aliphatic carboxylic acids is 1. The summed E-state index contributed by atoms with van der Waals surface area (Å²) in [7, 11) is 0. The van der Waals surface area contributed by atoms with Crippen molar-refractivity contribution in [2.75, 3.05) is 0 Å². The highest BCUT2D eigenvalue weighted by molar-refractivity contribution is 6.30. The van der Waals surface area contributed by atoms with Crippen LogP contribution >= 0.6 is 11.6 Å². The van der Waals surface area contributed by atoms with Crippen molar-refractivity contribution >= 4 is 23.5 Å². The van der Waals surface area contributed by atoms with Crippen LogP contribution in [0.3, 0.4) is 0 Å². The van der Waals surface area contributed by atoms with Crippen LogP contribution in [0.25, 0.3) is 0 Å². The predicted molar refractivity (Wildman–Crippen MR) is 78.7 cm³/mol. The summed E-state index contributed by atoms with van der Waals surface area (Å²) in [5.41, 5.74) is -0.420. The summed E-state index contributed by atoms with van der Waals surface area (Å²) in [6, 6.07) is 5.17. The molecule has 6 heteroatoms. The van der Waals surface area contributed by atoms with Gasteiger partial charge in [-0.1, -0.05) is 24.9 Å². The molecule has 0 spiro atoms. The zero-order chi connectivity index (χ0) is 15.6. The normalized spacial score (nSPS) is 19.3.